The van der Waals surface area contributed by atoms with Crippen LogP contribution in [0.25, 0.3) is 0 Å². The molecule has 0 spiro atoms. The number of aromatic nitrogens is 1. The van der Waals surface area contributed by atoms with Crippen LogP contribution < -0.4 is 16.6 Å². The molecular weight excluding hydrogens is 301 g/mol. The average molecular weight is 312 g/mol. The second-order valence-electron chi connectivity index (χ2n) is 4.08. The van der Waals surface area contributed by atoms with Crippen LogP contribution in [0.4, 0.5) is 11.4 Å². The predicted octanol–water partition coefficient (Wildman–Crippen LogP) is 2.38. The number of hydrogen-bond donors (Lipinski definition) is 2. The summed E-state index contributed by atoms with van der Waals surface area (Å²) in [4.78, 5) is 23.5. The summed E-state index contributed by atoms with van der Waals surface area (Å²) in [6.45, 7) is -0.160. The van der Waals surface area contributed by atoms with Gasteiger partial charge in [-0.2, -0.15) is 0 Å². The predicted molar refractivity (Wildman–Crippen MR) is 80.2 cm³/mol. The molecule has 0 saturated heterocycles. The summed E-state index contributed by atoms with van der Waals surface area (Å²) in [6.07, 6.45) is 1.40. The zero-order chi connectivity index (χ0) is 14.7. The van der Waals surface area contributed by atoms with Crippen LogP contribution >= 0.6 is 23.2 Å². The minimum Gasteiger partial charge on any atom is -0.398 e. The number of benzene rings is 1. The smallest absolute Gasteiger partial charge is 0.251 e. The van der Waals surface area contributed by atoms with Gasteiger partial charge in [0.25, 0.3) is 5.56 Å². The fraction of sp³-hybridized carbons (Fsp3) is 0.0769. The minimum absolute atomic E-state index is 0.160. The van der Waals surface area contributed by atoms with Gasteiger partial charge in [-0.05, 0) is 18.2 Å². The molecule has 3 N–H and O–H groups in total. The quantitative estimate of drug-likeness (QED) is 0.913. The van der Waals surface area contributed by atoms with E-state index >= 15 is 0 Å². The van der Waals surface area contributed by atoms with Crippen molar-refractivity contribution in [2.45, 2.75) is 6.54 Å². The molecule has 1 aromatic heterocycles. The van der Waals surface area contributed by atoms with Gasteiger partial charge in [-0.15, -0.1) is 0 Å². The summed E-state index contributed by atoms with van der Waals surface area (Å²) >= 11 is 11.8. The molecule has 0 atom stereocenters. The number of hydrogen-bond acceptors (Lipinski definition) is 3. The lowest BCUT2D eigenvalue weighted by Crippen LogP contribution is -2.27. The summed E-state index contributed by atoms with van der Waals surface area (Å²) in [5.74, 6) is -0.401. The Bertz CT molecular complexity index is 713. The Hall–Kier alpha value is -1.98. The molecule has 2 aromatic rings. The first-order valence-corrected chi connectivity index (χ1v) is 6.43. The van der Waals surface area contributed by atoms with Crippen LogP contribution in [0.2, 0.25) is 10.0 Å². The number of rotatable bonds is 3. The SMILES string of the molecule is Nc1ccc(=O)n(CC(=O)Nc2cccc(Cl)c2Cl)c1. The average Bonchev–Trinajstić information content (AvgIpc) is 2.39. The molecule has 0 radical (unpaired) electrons. The Morgan fingerprint density at radius 3 is 2.75 bits per heavy atom. The number of nitrogens with zero attached hydrogens (tertiary/aromatic N) is 1. The van der Waals surface area contributed by atoms with Crippen molar-refractivity contribution in [2.24, 2.45) is 0 Å². The van der Waals surface area contributed by atoms with Crippen LogP contribution in [0.3, 0.4) is 0 Å². The lowest BCUT2D eigenvalue weighted by molar-refractivity contribution is -0.116. The highest BCUT2D eigenvalue weighted by atomic mass is 35.5. The zero-order valence-electron chi connectivity index (χ0n) is 10.3. The molecule has 1 aromatic carbocycles. The molecule has 20 heavy (non-hydrogen) atoms. The maximum Gasteiger partial charge on any atom is 0.251 e. The maximum absolute atomic E-state index is 11.9. The second-order valence-corrected chi connectivity index (χ2v) is 4.86. The third-order valence-electron chi connectivity index (χ3n) is 2.55. The van der Waals surface area contributed by atoms with E-state index in [1.165, 1.54) is 22.9 Å². The van der Waals surface area contributed by atoms with Crippen molar-refractivity contribution in [2.75, 3.05) is 11.1 Å². The number of nitrogens with one attached hydrogen (secondary N) is 1. The number of halogens is 2. The Morgan fingerprint density at radius 2 is 2.00 bits per heavy atom. The Morgan fingerprint density at radius 1 is 1.25 bits per heavy atom. The van der Waals surface area contributed by atoms with Crippen LogP contribution in [0, 0.1) is 0 Å². The molecule has 104 valence electrons. The van der Waals surface area contributed by atoms with Gasteiger partial charge in [-0.25, -0.2) is 0 Å². The van der Waals surface area contributed by atoms with Crippen LogP contribution in [0.5, 0.6) is 0 Å². The van der Waals surface area contributed by atoms with Crippen LogP contribution in [-0.2, 0) is 11.3 Å². The molecule has 1 amide bonds. The molecular formula is C13H11Cl2N3O2. The van der Waals surface area contributed by atoms with Crippen molar-refractivity contribution in [3.8, 4) is 0 Å². The van der Waals surface area contributed by atoms with E-state index in [9.17, 15) is 9.59 Å². The largest absolute Gasteiger partial charge is 0.398 e. The lowest BCUT2D eigenvalue weighted by atomic mass is 10.3. The van der Waals surface area contributed by atoms with Crippen molar-refractivity contribution in [1.82, 2.24) is 4.57 Å². The lowest BCUT2D eigenvalue weighted by Gasteiger charge is -2.09. The molecule has 0 saturated carbocycles. The topological polar surface area (TPSA) is 77.1 Å². The van der Waals surface area contributed by atoms with E-state index in [1.54, 1.807) is 18.2 Å². The maximum atomic E-state index is 11.9. The van der Waals surface area contributed by atoms with Gasteiger partial charge in [0, 0.05) is 18.0 Å². The van der Waals surface area contributed by atoms with Crippen LogP contribution in [0.1, 0.15) is 0 Å². The Kier molecular flexibility index (Phi) is 4.32. The standard InChI is InChI=1S/C13H11Cl2N3O2/c14-9-2-1-3-10(13(9)15)17-11(19)7-18-6-8(16)4-5-12(18)20/h1-6H,7,16H2,(H,17,19). The van der Waals surface area contributed by atoms with Crippen LogP contribution in [-0.4, -0.2) is 10.5 Å². The fourth-order valence-corrected chi connectivity index (χ4v) is 1.97. The van der Waals surface area contributed by atoms with Gasteiger partial charge in [0.15, 0.2) is 0 Å². The second kappa shape index (κ2) is 5.98. The molecule has 0 fully saturated rings. The minimum atomic E-state index is -0.401. The number of pyridine rings is 1. The van der Waals surface area contributed by atoms with Gasteiger partial charge in [0.05, 0.1) is 15.7 Å². The summed E-state index contributed by atoms with van der Waals surface area (Å²) < 4.78 is 1.21. The van der Waals surface area contributed by atoms with Gasteiger partial charge in [0.2, 0.25) is 5.91 Å². The van der Waals surface area contributed by atoms with Crippen molar-refractivity contribution >= 4 is 40.5 Å². The third kappa shape index (κ3) is 3.31. The number of carbonyl (C=O) groups is 1. The van der Waals surface area contributed by atoms with Gasteiger partial charge in [-0.3, -0.25) is 9.59 Å². The molecule has 0 aliphatic carbocycles. The molecule has 0 aliphatic rings. The highest BCUT2D eigenvalue weighted by molar-refractivity contribution is 6.43. The summed E-state index contributed by atoms with van der Waals surface area (Å²) in [6, 6.07) is 7.67. The summed E-state index contributed by atoms with van der Waals surface area (Å²) in [5.41, 5.74) is 6.05. The Labute approximate surface area is 124 Å². The van der Waals surface area contributed by atoms with Crippen molar-refractivity contribution < 1.29 is 4.79 Å². The highest BCUT2D eigenvalue weighted by Gasteiger charge is 2.09. The van der Waals surface area contributed by atoms with Crippen molar-refractivity contribution in [1.29, 1.82) is 0 Å². The van der Waals surface area contributed by atoms with E-state index in [4.69, 9.17) is 28.9 Å². The molecule has 2 rings (SSSR count). The highest BCUT2D eigenvalue weighted by Crippen LogP contribution is 2.29. The first-order chi connectivity index (χ1) is 9.47. The number of nitrogen functional groups attached to an aromatic ring is 1. The fourth-order valence-electron chi connectivity index (χ4n) is 1.62. The normalized spacial score (nSPS) is 10.3. The summed E-state index contributed by atoms with van der Waals surface area (Å²) in [7, 11) is 0. The molecule has 5 nitrogen and oxygen atoms in total. The molecule has 0 bridgehead atoms. The van der Waals surface area contributed by atoms with E-state index in [-0.39, 0.29) is 17.1 Å². The van der Waals surface area contributed by atoms with Gasteiger partial charge in [0.1, 0.15) is 6.54 Å². The Balaban J connectivity index is 2.15. The van der Waals surface area contributed by atoms with Gasteiger partial charge < -0.3 is 15.6 Å². The van der Waals surface area contributed by atoms with E-state index in [0.29, 0.717) is 16.4 Å². The van der Waals surface area contributed by atoms with E-state index in [1.807, 2.05) is 0 Å². The zero-order valence-corrected chi connectivity index (χ0v) is 11.8. The molecule has 0 aliphatic heterocycles. The van der Waals surface area contributed by atoms with Crippen LogP contribution in [0.15, 0.2) is 41.3 Å². The molecule has 7 heteroatoms. The number of anilines is 2. The van der Waals surface area contributed by atoms with E-state index < -0.39 is 5.91 Å². The molecule has 0 unspecified atom stereocenters. The number of amides is 1. The van der Waals surface area contributed by atoms with E-state index in [2.05, 4.69) is 5.32 Å². The van der Waals surface area contributed by atoms with Crippen molar-refractivity contribution in [3.63, 3.8) is 0 Å². The first kappa shape index (κ1) is 14.4. The summed E-state index contributed by atoms with van der Waals surface area (Å²) in [5, 5.41) is 3.18. The van der Waals surface area contributed by atoms with E-state index in [0.717, 1.165) is 0 Å². The first-order valence-electron chi connectivity index (χ1n) is 5.67. The number of carbonyl (C=O) groups excluding carboxylic acids is 1. The third-order valence-corrected chi connectivity index (χ3v) is 3.36. The van der Waals surface area contributed by atoms with Crippen molar-refractivity contribution in [3.05, 3.63) is 56.9 Å². The molecule has 1 heterocycles. The number of nitrogens with two attached hydrogens (primary N) is 1. The monoisotopic (exact) mass is 311 g/mol. The van der Waals surface area contributed by atoms with Gasteiger partial charge in [-0.1, -0.05) is 29.3 Å². The van der Waals surface area contributed by atoms with Gasteiger partial charge >= 0.3 is 0 Å².